The van der Waals surface area contributed by atoms with Gasteiger partial charge in [-0.15, -0.1) is 21.5 Å². The molecule has 3 aromatic heterocycles. The molecule has 3 rings (SSSR count). The fourth-order valence-electron chi connectivity index (χ4n) is 1.93. The van der Waals surface area contributed by atoms with Crippen LogP contribution in [-0.4, -0.2) is 24.1 Å². The standard InChI is InChI=1S/C11H14N6S/c1-7-5-17-9(8(2)14-11(17)18-7)4-12-10-15-13-6-16(10)3/h5-6H,4H2,1-3H3,(H,12,15). The number of fused-ring (bicyclic) bond motifs is 1. The Hall–Kier alpha value is -1.89. The molecular formula is C11H14N6S. The molecule has 3 heterocycles. The van der Waals surface area contributed by atoms with Crippen LogP contribution in [0.1, 0.15) is 16.3 Å². The van der Waals surface area contributed by atoms with Crippen molar-refractivity contribution in [2.24, 2.45) is 7.05 Å². The van der Waals surface area contributed by atoms with Gasteiger partial charge in [0.05, 0.1) is 17.9 Å². The molecule has 6 nitrogen and oxygen atoms in total. The van der Waals surface area contributed by atoms with Crippen LogP contribution in [0.3, 0.4) is 0 Å². The van der Waals surface area contributed by atoms with Crippen LogP contribution in [0.4, 0.5) is 5.95 Å². The third-order valence-electron chi connectivity index (χ3n) is 2.87. The van der Waals surface area contributed by atoms with Crippen molar-refractivity contribution in [1.29, 1.82) is 0 Å². The first-order chi connectivity index (χ1) is 8.65. The summed E-state index contributed by atoms with van der Waals surface area (Å²) in [6.07, 6.45) is 3.80. The van der Waals surface area contributed by atoms with Gasteiger partial charge in [0.2, 0.25) is 5.95 Å². The number of hydrogen-bond donors (Lipinski definition) is 1. The van der Waals surface area contributed by atoms with E-state index < -0.39 is 0 Å². The van der Waals surface area contributed by atoms with Gasteiger partial charge in [-0.3, -0.25) is 4.40 Å². The van der Waals surface area contributed by atoms with E-state index in [1.807, 2.05) is 18.5 Å². The number of nitrogens with zero attached hydrogens (tertiary/aromatic N) is 5. The number of hydrogen-bond acceptors (Lipinski definition) is 5. The molecule has 0 aliphatic heterocycles. The lowest BCUT2D eigenvalue weighted by Gasteiger charge is -2.05. The van der Waals surface area contributed by atoms with E-state index in [9.17, 15) is 0 Å². The molecule has 18 heavy (non-hydrogen) atoms. The first-order valence-corrected chi connectivity index (χ1v) is 6.48. The molecule has 0 spiro atoms. The number of thiazole rings is 1. The zero-order valence-corrected chi connectivity index (χ0v) is 11.3. The lowest BCUT2D eigenvalue weighted by Crippen LogP contribution is -2.07. The van der Waals surface area contributed by atoms with Gasteiger partial charge in [-0.2, -0.15) is 0 Å². The van der Waals surface area contributed by atoms with Crippen molar-refractivity contribution in [1.82, 2.24) is 24.1 Å². The normalized spacial score (nSPS) is 11.3. The van der Waals surface area contributed by atoms with Gasteiger partial charge in [-0.1, -0.05) is 0 Å². The number of anilines is 1. The maximum atomic E-state index is 4.55. The van der Waals surface area contributed by atoms with Gasteiger partial charge >= 0.3 is 0 Å². The molecule has 0 radical (unpaired) electrons. The lowest BCUT2D eigenvalue weighted by atomic mass is 10.3. The highest BCUT2D eigenvalue weighted by molar-refractivity contribution is 7.17. The van der Waals surface area contributed by atoms with Crippen LogP contribution in [0.25, 0.3) is 4.96 Å². The van der Waals surface area contributed by atoms with E-state index in [0.717, 1.165) is 22.3 Å². The smallest absolute Gasteiger partial charge is 0.224 e. The van der Waals surface area contributed by atoms with E-state index >= 15 is 0 Å². The number of nitrogens with one attached hydrogen (secondary N) is 1. The van der Waals surface area contributed by atoms with Gasteiger partial charge in [-0.05, 0) is 13.8 Å². The number of imidazole rings is 1. The Morgan fingerprint density at radius 1 is 1.39 bits per heavy atom. The minimum absolute atomic E-state index is 0.690. The van der Waals surface area contributed by atoms with Crippen LogP contribution >= 0.6 is 11.3 Å². The Bertz CT molecular complexity index is 692. The number of aromatic nitrogens is 5. The average molecular weight is 262 g/mol. The second kappa shape index (κ2) is 4.09. The molecule has 0 aliphatic carbocycles. The molecule has 94 valence electrons. The molecule has 0 aromatic carbocycles. The average Bonchev–Trinajstić information content (AvgIpc) is 2.93. The summed E-state index contributed by atoms with van der Waals surface area (Å²) in [7, 11) is 1.91. The summed E-state index contributed by atoms with van der Waals surface area (Å²) in [5.74, 6) is 0.760. The molecule has 0 amide bonds. The van der Waals surface area contributed by atoms with Crippen molar-refractivity contribution in [3.8, 4) is 0 Å². The van der Waals surface area contributed by atoms with Crippen molar-refractivity contribution in [2.45, 2.75) is 20.4 Å². The highest BCUT2D eigenvalue weighted by Gasteiger charge is 2.11. The Labute approximate surface area is 108 Å². The monoisotopic (exact) mass is 262 g/mol. The van der Waals surface area contributed by atoms with Gasteiger partial charge < -0.3 is 9.88 Å². The zero-order chi connectivity index (χ0) is 12.7. The maximum absolute atomic E-state index is 4.55. The van der Waals surface area contributed by atoms with Crippen LogP contribution in [0.5, 0.6) is 0 Å². The quantitative estimate of drug-likeness (QED) is 0.781. The second-order valence-electron chi connectivity index (χ2n) is 4.26. The van der Waals surface area contributed by atoms with E-state index in [0.29, 0.717) is 6.54 Å². The van der Waals surface area contributed by atoms with Crippen LogP contribution in [-0.2, 0) is 13.6 Å². The van der Waals surface area contributed by atoms with Crippen molar-refractivity contribution in [3.63, 3.8) is 0 Å². The molecule has 0 bridgehead atoms. The molecular weight excluding hydrogens is 248 g/mol. The predicted molar refractivity (Wildman–Crippen MR) is 70.9 cm³/mol. The fourth-order valence-corrected chi connectivity index (χ4v) is 2.82. The largest absolute Gasteiger partial charge is 0.349 e. The molecule has 3 aromatic rings. The summed E-state index contributed by atoms with van der Waals surface area (Å²) in [6, 6.07) is 0. The number of rotatable bonds is 3. The summed E-state index contributed by atoms with van der Waals surface area (Å²) < 4.78 is 3.99. The van der Waals surface area contributed by atoms with Crippen molar-refractivity contribution < 1.29 is 0 Å². The van der Waals surface area contributed by atoms with Gasteiger partial charge in [0, 0.05) is 18.1 Å². The molecule has 0 aliphatic rings. The third kappa shape index (κ3) is 1.76. The number of aryl methyl sites for hydroxylation is 3. The zero-order valence-electron chi connectivity index (χ0n) is 10.5. The summed E-state index contributed by atoms with van der Waals surface area (Å²) in [6.45, 7) is 4.81. The SMILES string of the molecule is Cc1cn2c(CNc3nncn3C)c(C)nc2s1. The van der Waals surface area contributed by atoms with Crippen molar-refractivity contribution in [2.75, 3.05) is 5.32 Å². The molecule has 1 N–H and O–H groups in total. The van der Waals surface area contributed by atoms with Gasteiger partial charge in [0.25, 0.3) is 0 Å². The van der Waals surface area contributed by atoms with E-state index in [1.165, 1.54) is 4.88 Å². The Balaban J connectivity index is 1.90. The lowest BCUT2D eigenvalue weighted by molar-refractivity contribution is 0.884. The van der Waals surface area contributed by atoms with Crippen LogP contribution in [0, 0.1) is 13.8 Å². The molecule has 7 heteroatoms. The maximum Gasteiger partial charge on any atom is 0.224 e. The van der Waals surface area contributed by atoms with Crippen LogP contribution in [0.2, 0.25) is 0 Å². The van der Waals surface area contributed by atoms with Crippen LogP contribution in [0.15, 0.2) is 12.5 Å². The van der Waals surface area contributed by atoms with E-state index in [2.05, 4.69) is 38.0 Å². The topological polar surface area (TPSA) is 60.0 Å². The van der Waals surface area contributed by atoms with Crippen molar-refractivity contribution >= 4 is 22.2 Å². The van der Waals surface area contributed by atoms with Crippen LogP contribution < -0.4 is 5.32 Å². The summed E-state index contributed by atoms with van der Waals surface area (Å²) >= 11 is 1.70. The van der Waals surface area contributed by atoms with E-state index in [1.54, 1.807) is 17.7 Å². The predicted octanol–water partition coefficient (Wildman–Crippen LogP) is 1.75. The Kier molecular flexibility index (Phi) is 2.55. The van der Waals surface area contributed by atoms with E-state index in [4.69, 9.17) is 0 Å². The van der Waals surface area contributed by atoms with Gasteiger partial charge in [0.15, 0.2) is 4.96 Å². The molecule has 0 atom stereocenters. The summed E-state index contributed by atoms with van der Waals surface area (Å²) in [4.78, 5) is 6.86. The summed E-state index contributed by atoms with van der Waals surface area (Å²) in [5.41, 5.74) is 2.22. The Morgan fingerprint density at radius 3 is 2.94 bits per heavy atom. The van der Waals surface area contributed by atoms with Crippen molar-refractivity contribution in [3.05, 3.63) is 28.8 Å². The molecule has 0 saturated heterocycles. The summed E-state index contributed by atoms with van der Waals surface area (Å²) in [5, 5.41) is 11.1. The first-order valence-electron chi connectivity index (χ1n) is 5.67. The molecule has 0 saturated carbocycles. The molecule has 0 unspecified atom stereocenters. The fraction of sp³-hybridized carbons (Fsp3) is 0.364. The Morgan fingerprint density at radius 2 is 2.22 bits per heavy atom. The second-order valence-corrected chi connectivity index (χ2v) is 5.47. The highest BCUT2D eigenvalue weighted by Crippen LogP contribution is 2.21. The first kappa shape index (κ1) is 11.2. The highest BCUT2D eigenvalue weighted by atomic mass is 32.1. The minimum Gasteiger partial charge on any atom is -0.349 e. The van der Waals surface area contributed by atoms with Gasteiger partial charge in [-0.25, -0.2) is 4.98 Å². The van der Waals surface area contributed by atoms with E-state index in [-0.39, 0.29) is 0 Å². The third-order valence-corrected chi connectivity index (χ3v) is 3.76. The molecule has 0 fully saturated rings. The van der Waals surface area contributed by atoms with Gasteiger partial charge in [0.1, 0.15) is 6.33 Å². The minimum atomic E-state index is 0.690.